The van der Waals surface area contributed by atoms with Gasteiger partial charge in [-0.25, -0.2) is 0 Å². The molecule has 2 aromatic carbocycles. The fourth-order valence-corrected chi connectivity index (χ4v) is 3.66. The summed E-state index contributed by atoms with van der Waals surface area (Å²) in [6.45, 7) is 0.0784. The Morgan fingerprint density at radius 2 is 1.66 bits per heavy atom. The Hall–Kier alpha value is -2.64. The molecule has 1 amide bonds. The van der Waals surface area contributed by atoms with Crippen LogP contribution in [0.3, 0.4) is 0 Å². The largest absolute Gasteiger partial charge is 0.507 e. The van der Waals surface area contributed by atoms with E-state index in [4.69, 9.17) is 16.7 Å². The maximum Gasteiger partial charge on any atom is 0.303 e. The standard InChI is InChI=1S/C21H17BrClNO5/c22-14-7-3-12(4-8-14)18-17(19(27)13-5-9-15(23)10-6-13)20(28)21(29)24(18)11-1-2-16(25)26/h3-10,18,27H,1-2,11H2,(H,25,26). The van der Waals surface area contributed by atoms with Crippen molar-refractivity contribution < 1.29 is 24.6 Å². The lowest BCUT2D eigenvalue weighted by Crippen LogP contribution is -2.31. The summed E-state index contributed by atoms with van der Waals surface area (Å²) in [5, 5.41) is 20.2. The van der Waals surface area contributed by atoms with Crippen LogP contribution in [0.1, 0.15) is 30.0 Å². The number of benzene rings is 2. The van der Waals surface area contributed by atoms with Crippen LogP contribution >= 0.6 is 27.5 Å². The molecule has 8 heteroatoms. The molecule has 2 aromatic rings. The predicted molar refractivity (Wildman–Crippen MR) is 111 cm³/mol. The molecule has 1 saturated heterocycles. The Kier molecular flexibility index (Phi) is 6.39. The van der Waals surface area contributed by atoms with E-state index >= 15 is 0 Å². The average Bonchev–Trinajstić information content (AvgIpc) is 2.93. The second-order valence-electron chi connectivity index (χ2n) is 6.55. The van der Waals surface area contributed by atoms with Crippen molar-refractivity contribution in [3.8, 4) is 0 Å². The lowest BCUT2D eigenvalue weighted by atomic mass is 9.95. The number of aliphatic carboxylic acids is 1. The summed E-state index contributed by atoms with van der Waals surface area (Å²) in [6.07, 6.45) is 0.0591. The summed E-state index contributed by atoms with van der Waals surface area (Å²) in [5.41, 5.74) is 0.966. The second kappa shape index (κ2) is 8.80. The molecule has 0 aromatic heterocycles. The Balaban J connectivity index is 2.08. The molecule has 1 heterocycles. The van der Waals surface area contributed by atoms with Crippen LogP contribution in [0, 0.1) is 0 Å². The molecule has 150 valence electrons. The van der Waals surface area contributed by atoms with Crippen LogP contribution in [0.15, 0.2) is 58.6 Å². The minimum Gasteiger partial charge on any atom is -0.507 e. The van der Waals surface area contributed by atoms with E-state index in [9.17, 15) is 19.5 Å². The normalized spacial score (nSPS) is 18.3. The van der Waals surface area contributed by atoms with E-state index in [2.05, 4.69) is 15.9 Å². The highest BCUT2D eigenvalue weighted by atomic mass is 79.9. The zero-order valence-electron chi connectivity index (χ0n) is 15.1. The molecule has 29 heavy (non-hydrogen) atoms. The summed E-state index contributed by atoms with van der Waals surface area (Å²) in [4.78, 5) is 37.6. The molecule has 6 nitrogen and oxygen atoms in total. The number of carboxylic acid groups (broad SMARTS) is 1. The van der Waals surface area contributed by atoms with E-state index in [1.165, 1.54) is 4.90 Å². The van der Waals surface area contributed by atoms with Crippen molar-refractivity contribution in [3.05, 3.63) is 74.7 Å². The summed E-state index contributed by atoms with van der Waals surface area (Å²) in [7, 11) is 0. The predicted octanol–water partition coefficient (Wildman–Crippen LogP) is 4.39. The van der Waals surface area contributed by atoms with Gasteiger partial charge in [-0.2, -0.15) is 0 Å². The van der Waals surface area contributed by atoms with Crippen LogP contribution in [0.4, 0.5) is 0 Å². The van der Waals surface area contributed by atoms with Gasteiger partial charge < -0.3 is 15.1 Å². The highest BCUT2D eigenvalue weighted by Gasteiger charge is 2.45. The van der Waals surface area contributed by atoms with E-state index in [0.29, 0.717) is 16.1 Å². The van der Waals surface area contributed by atoms with Crippen LogP contribution in [0.2, 0.25) is 5.02 Å². The molecule has 1 aliphatic heterocycles. The summed E-state index contributed by atoms with van der Waals surface area (Å²) < 4.78 is 0.821. The quantitative estimate of drug-likeness (QED) is 0.365. The molecule has 0 radical (unpaired) electrons. The fourth-order valence-electron chi connectivity index (χ4n) is 3.27. The Morgan fingerprint density at radius 3 is 2.24 bits per heavy atom. The van der Waals surface area contributed by atoms with Crippen molar-refractivity contribution in [1.82, 2.24) is 4.90 Å². The van der Waals surface area contributed by atoms with Gasteiger partial charge in [-0.1, -0.05) is 39.7 Å². The van der Waals surface area contributed by atoms with Gasteiger partial charge in [0.15, 0.2) is 0 Å². The number of rotatable bonds is 6. The van der Waals surface area contributed by atoms with Crippen LogP contribution in [0.5, 0.6) is 0 Å². The number of carbonyl (C=O) groups is 3. The number of aliphatic hydroxyl groups excluding tert-OH is 1. The molecule has 3 rings (SSSR count). The average molecular weight is 479 g/mol. The van der Waals surface area contributed by atoms with Crippen molar-refractivity contribution in [2.24, 2.45) is 0 Å². The molecule has 0 aliphatic carbocycles. The van der Waals surface area contributed by atoms with Crippen molar-refractivity contribution in [1.29, 1.82) is 0 Å². The molecule has 0 saturated carbocycles. The number of Topliss-reactive ketones (excluding diaryl/α,β-unsaturated/α-hetero) is 1. The van der Waals surface area contributed by atoms with Gasteiger partial charge in [-0.15, -0.1) is 0 Å². The van der Waals surface area contributed by atoms with Gasteiger partial charge in [0, 0.05) is 28.0 Å². The van der Waals surface area contributed by atoms with Gasteiger partial charge in [-0.3, -0.25) is 14.4 Å². The lowest BCUT2D eigenvalue weighted by Gasteiger charge is -2.25. The van der Waals surface area contributed by atoms with Crippen LogP contribution < -0.4 is 0 Å². The van der Waals surface area contributed by atoms with Crippen LogP contribution in [-0.4, -0.2) is 39.3 Å². The van der Waals surface area contributed by atoms with Gasteiger partial charge in [0.05, 0.1) is 11.6 Å². The van der Waals surface area contributed by atoms with Gasteiger partial charge in [0.1, 0.15) is 5.76 Å². The molecule has 0 bridgehead atoms. The van der Waals surface area contributed by atoms with Gasteiger partial charge >= 0.3 is 5.97 Å². The summed E-state index contributed by atoms with van der Waals surface area (Å²) in [6, 6.07) is 12.5. The second-order valence-corrected chi connectivity index (χ2v) is 7.90. The summed E-state index contributed by atoms with van der Waals surface area (Å²) in [5.74, 6) is -2.85. The van der Waals surface area contributed by atoms with E-state index in [-0.39, 0.29) is 30.7 Å². The highest BCUT2D eigenvalue weighted by molar-refractivity contribution is 9.10. The number of amides is 1. The van der Waals surface area contributed by atoms with E-state index < -0.39 is 23.7 Å². The van der Waals surface area contributed by atoms with Gasteiger partial charge in [0.2, 0.25) is 0 Å². The third-order valence-electron chi connectivity index (χ3n) is 4.63. The first-order chi connectivity index (χ1) is 13.8. The molecule has 1 aliphatic rings. The molecule has 2 N–H and O–H groups in total. The number of hydrogen-bond donors (Lipinski definition) is 2. The number of halogens is 2. The fraction of sp³-hybridized carbons (Fsp3) is 0.190. The maximum atomic E-state index is 12.8. The van der Waals surface area contributed by atoms with Gasteiger partial charge in [-0.05, 0) is 48.4 Å². The zero-order chi connectivity index (χ0) is 21.1. The van der Waals surface area contributed by atoms with Crippen molar-refractivity contribution in [2.75, 3.05) is 6.54 Å². The SMILES string of the molecule is O=C(O)CCCN1C(=O)C(=O)C(=C(O)c2ccc(Cl)cc2)C1c1ccc(Br)cc1. The Bertz CT molecular complexity index is 985. The van der Waals surface area contributed by atoms with Crippen molar-refractivity contribution in [2.45, 2.75) is 18.9 Å². The van der Waals surface area contributed by atoms with Gasteiger partial charge in [0.25, 0.3) is 11.7 Å². The molecular formula is C21H17BrClNO5. The molecule has 1 atom stereocenters. The maximum absolute atomic E-state index is 12.8. The first kappa shape index (κ1) is 21.1. The first-order valence-corrected chi connectivity index (χ1v) is 9.98. The number of nitrogens with zero attached hydrogens (tertiary/aromatic N) is 1. The monoisotopic (exact) mass is 477 g/mol. The van der Waals surface area contributed by atoms with Crippen LogP contribution in [0.25, 0.3) is 5.76 Å². The third-order valence-corrected chi connectivity index (χ3v) is 5.41. The van der Waals surface area contributed by atoms with Crippen molar-refractivity contribution in [3.63, 3.8) is 0 Å². The minimum absolute atomic E-state index is 0.0324. The number of ketones is 1. The Morgan fingerprint density at radius 1 is 1.03 bits per heavy atom. The highest BCUT2D eigenvalue weighted by Crippen LogP contribution is 2.39. The number of aliphatic hydroxyl groups is 1. The number of hydrogen-bond acceptors (Lipinski definition) is 4. The summed E-state index contributed by atoms with van der Waals surface area (Å²) >= 11 is 9.25. The number of carbonyl (C=O) groups excluding carboxylic acids is 2. The Labute approximate surface area is 180 Å². The van der Waals surface area contributed by atoms with E-state index in [0.717, 1.165) is 4.47 Å². The molecule has 1 fully saturated rings. The first-order valence-electron chi connectivity index (χ1n) is 8.81. The molecular weight excluding hydrogens is 462 g/mol. The molecule has 0 spiro atoms. The zero-order valence-corrected chi connectivity index (χ0v) is 17.5. The van der Waals surface area contributed by atoms with E-state index in [1.54, 1.807) is 48.5 Å². The number of carboxylic acids is 1. The lowest BCUT2D eigenvalue weighted by molar-refractivity contribution is -0.140. The third kappa shape index (κ3) is 4.52. The minimum atomic E-state index is -0.983. The van der Waals surface area contributed by atoms with Crippen molar-refractivity contribution >= 4 is 50.9 Å². The topological polar surface area (TPSA) is 94.9 Å². The van der Waals surface area contributed by atoms with Crippen LogP contribution in [-0.2, 0) is 14.4 Å². The number of likely N-dealkylation sites (tertiary alicyclic amines) is 1. The molecule has 1 unspecified atom stereocenters. The van der Waals surface area contributed by atoms with E-state index in [1.807, 2.05) is 0 Å². The smallest absolute Gasteiger partial charge is 0.303 e.